The van der Waals surface area contributed by atoms with Gasteiger partial charge in [-0.3, -0.25) is 4.98 Å². The molecule has 6 rings (SSSR count). The van der Waals surface area contributed by atoms with Crippen molar-refractivity contribution >= 4 is 28.7 Å². The number of benzene rings is 3. The molecule has 1 aromatic heterocycles. The maximum Gasteiger partial charge on any atom is 0.167 e. The second-order valence-electron chi connectivity index (χ2n) is 8.68. The smallest absolute Gasteiger partial charge is 0.167 e. The zero-order valence-electron chi connectivity index (χ0n) is 17.4. The third-order valence-corrected chi connectivity index (χ3v) is 10.4. The summed E-state index contributed by atoms with van der Waals surface area (Å²) in [7, 11) is -2.98. The molecule has 1 spiro atoms. The Hall–Kier alpha value is -2.96. The molecule has 0 bridgehead atoms. The average Bonchev–Trinajstić information content (AvgIpc) is 3.43. The van der Waals surface area contributed by atoms with E-state index in [1.807, 2.05) is 66.7 Å². The number of nitrogens with zero attached hydrogens (tertiary/aromatic N) is 1. The van der Waals surface area contributed by atoms with Gasteiger partial charge >= 0.3 is 0 Å². The zero-order valence-corrected chi connectivity index (χ0v) is 18.3. The Morgan fingerprint density at radius 2 is 1.42 bits per heavy atom. The highest BCUT2D eigenvalue weighted by Crippen LogP contribution is 2.65. The van der Waals surface area contributed by atoms with Gasteiger partial charge in [-0.25, -0.2) is 0 Å². The van der Waals surface area contributed by atoms with Crippen molar-refractivity contribution in [2.24, 2.45) is 0 Å². The summed E-state index contributed by atoms with van der Waals surface area (Å²) in [6.07, 6.45) is 6.19. The molecule has 0 amide bonds. The number of hydrogen-bond acceptors (Lipinski definition) is 2. The van der Waals surface area contributed by atoms with Gasteiger partial charge in [-0.2, -0.15) is 0 Å². The molecule has 1 atom stereocenters. The Kier molecular flexibility index (Phi) is 4.26. The van der Waals surface area contributed by atoms with Crippen LogP contribution >= 0.6 is 7.14 Å². The number of aromatic nitrogens is 1. The van der Waals surface area contributed by atoms with Gasteiger partial charge in [-0.15, -0.1) is 0 Å². The fourth-order valence-corrected chi connectivity index (χ4v) is 8.99. The Bertz CT molecular complexity index is 1320. The van der Waals surface area contributed by atoms with Crippen LogP contribution in [0.5, 0.6) is 0 Å². The summed E-state index contributed by atoms with van der Waals surface area (Å²) in [4.78, 5) is 5.18. The van der Waals surface area contributed by atoms with Gasteiger partial charge in [0.1, 0.15) is 0 Å². The van der Waals surface area contributed by atoms with E-state index in [1.54, 1.807) is 0 Å². The van der Waals surface area contributed by atoms with E-state index in [1.165, 1.54) is 10.9 Å². The number of fused-ring (bicyclic) bond motifs is 3. The van der Waals surface area contributed by atoms with E-state index in [2.05, 4.69) is 30.3 Å². The number of para-hydroxylation sites is 1. The van der Waals surface area contributed by atoms with Crippen molar-refractivity contribution in [3.8, 4) is 0 Å². The molecule has 31 heavy (non-hydrogen) atoms. The molecule has 4 aromatic rings. The molecular weight excluding hydrogens is 397 g/mol. The van der Waals surface area contributed by atoms with Gasteiger partial charge in [0.2, 0.25) is 0 Å². The van der Waals surface area contributed by atoms with Crippen LogP contribution in [0.15, 0.2) is 102 Å². The molecule has 152 valence electrons. The summed E-state index contributed by atoms with van der Waals surface area (Å²) in [5.74, 6) is 0. The van der Waals surface area contributed by atoms with Crippen molar-refractivity contribution < 1.29 is 4.57 Å². The quantitative estimate of drug-likeness (QED) is 0.374. The van der Waals surface area contributed by atoms with Crippen LogP contribution in [0.3, 0.4) is 0 Å². The Labute approximate surface area is 183 Å². The van der Waals surface area contributed by atoms with Gasteiger partial charge in [-0.05, 0) is 43.4 Å². The van der Waals surface area contributed by atoms with Crippen LogP contribution in [0.25, 0.3) is 10.9 Å². The van der Waals surface area contributed by atoms with Crippen LogP contribution < -0.4 is 10.6 Å². The fraction of sp³-hybridized carbons (Fsp3) is 0.179. The van der Waals surface area contributed by atoms with Crippen molar-refractivity contribution in [1.82, 2.24) is 4.98 Å². The standard InChI is InChI=1S/C28H24NOP/c30-31(23-11-3-1-4-12-23,24-13-5-2-6-14-24)26-16-9-18-28(26)19-17-22-20-21-10-7-8-15-25(21)29-27(22)28/h1-8,10-16,20H,9,17-19H2. The zero-order chi connectivity index (χ0) is 20.9. The van der Waals surface area contributed by atoms with Crippen LogP contribution in [-0.2, 0) is 16.4 Å². The molecule has 0 N–H and O–H groups in total. The highest BCUT2D eigenvalue weighted by molar-refractivity contribution is 7.82. The summed E-state index contributed by atoms with van der Waals surface area (Å²) < 4.78 is 15.2. The molecule has 0 radical (unpaired) electrons. The average molecular weight is 421 g/mol. The SMILES string of the molecule is O=P(C1=CCCC12CCc1cc3ccccc3nc12)(c1ccccc1)c1ccccc1. The van der Waals surface area contributed by atoms with E-state index in [4.69, 9.17) is 4.98 Å². The van der Waals surface area contributed by atoms with Crippen LogP contribution in [0, 0.1) is 0 Å². The summed E-state index contributed by atoms with van der Waals surface area (Å²) >= 11 is 0. The first-order chi connectivity index (χ1) is 15.2. The number of hydrogen-bond donors (Lipinski definition) is 0. The van der Waals surface area contributed by atoms with Gasteiger partial charge in [0.25, 0.3) is 0 Å². The van der Waals surface area contributed by atoms with E-state index in [0.29, 0.717) is 0 Å². The van der Waals surface area contributed by atoms with Crippen molar-refractivity contribution in [3.63, 3.8) is 0 Å². The van der Waals surface area contributed by atoms with Crippen LogP contribution in [0.4, 0.5) is 0 Å². The molecular formula is C28H24NOP. The van der Waals surface area contributed by atoms with E-state index in [-0.39, 0.29) is 5.41 Å². The van der Waals surface area contributed by atoms with Gasteiger partial charge in [-0.1, -0.05) is 84.9 Å². The summed E-state index contributed by atoms with van der Waals surface area (Å²) in [5, 5.41) is 4.13. The summed E-state index contributed by atoms with van der Waals surface area (Å²) in [5.41, 5.74) is 3.27. The van der Waals surface area contributed by atoms with Crippen LogP contribution in [0.2, 0.25) is 0 Å². The molecule has 0 saturated carbocycles. The number of allylic oxidation sites excluding steroid dienone is 2. The Balaban J connectivity index is 1.60. The van der Waals surface area contributed by atoms with E-state index < -0.39 is 7.14 Å². The van der Waals surface area contributed by atoms with E-state index in [0.717, 1.165) is 52.8 Å². The highest BCUT2D eigenvalue weighted by atomic mass is 31.2. The Morgan fingerprint density at radius 3 is 2.13 bits per heavy atom. The maximum absolute atomic E-state index is 15.2. The van der Waals surface area contributed by atoms with Crippen molar-refractivity contribution in [1.29, 1.82) is 0 Å². The van der Waals surface area contributed by atoms with Gasteiger partial charge in [0.15, 0.2) is 7.14 Å². The lowest BCUT2D eigenvalue weighted by Crippen LogP contribution is -2.29. The van der Waals surface area contributed by atoms with Crippen molar-refractivity contribution in [2.45, 2.75) is 31.1 Å². The first-order valence-electron chi connectivity index (χ1n) is 11.0. The van der Waals surface area contributed by atoms with E-state index in [9.17, 15) is 0 Å². The predicted octanol–water partition coefficient (Wildman–Crippen LogP) is 6.11. The predicted molar refractivity (Wildman–Crippen MR) is 129 cm³/mol. The Morgan fingerprint density at radius 1 is 0.774 bits per heavy atom. The lowest BCUT2D eigenvalue weighted by Gasteiger charge is -2.34. The lowest BCUT2D eigenvalue weighted by molar-refractivity contribution is 0.494. The molecule has 1 unspecified atom stereocenters. The van der Waals surface area contributed by atoms with E-state index >= 15 is 4.57 Å². The highest BCUT2D eigenvalue weighted by Gasteiger charge is 2.52. The topological polar surface area (TPSA) is 30.0 Å². The molecule has 1 heterocycles. The minimum atomic E-state index is -2.98. The molecule has 0 aliphatic heterocycles. The van der Waals surface area contributed by atoms with Crippen molar-refractivity contribution in [3.05, 3.63) is 114 Å². The van der Waals surface area contributed by atoms with Crippen LogP contribution in [-0.4, -0.2) is 4.98 Å². The molecule has 3 aromatic carbocycles. The second-order valence-corrected chi connectivity index (χ2v) is 11.4. The third-order valence-electron chi connectivity index (χ3n) is 7.06. The maximum atomic E-state index is 15.2. The molecule has 0 fully saturated rings. The fourth-order valence-electron chi connectivity index (χ4n) is 5.64. The number of pyridine rings is 1. The number of aryl methyl sites for hydroxylation is 1. The molecule has 3 heteroatoms. The minimum absolute atomic E-state index is 0.236. The summed E-state index contributed by atoms with van der Waals surface area (Å²) in [6, 6.07) is 30.8. The first-order valence-corrected chi connectivity index (χ1v) is 12.7. The second kappa shape index (κ2) is 7.04. The molecule has 2 aliphatic rings. The molecule has 0 saturated heterocycles. The van der Waals surface area contributed by atoms with Gasteiger partial charge in [0, 0.05) is 26.7 Å². The van der Waals surface area contributed by atoms with Crippen LogP contribution in [0.1, 0.15) is 30.5 Å². The monoisotopic (exact) mass is 421 g/mol. The molecule has 2 aliphatic carbocycles. The van der Waals surface area contributed by atoms with Gasteiger partial charge < -0.3 is 4.57 Å². The van der Waals surface area contributed by atoms with Crippen molar-refractivity contribution in [2.75, 3.05) is 0 Å². The minimum Gasteiger partial charge on any atom is -0.309 e. The lowest BCUT2D eigenvalue weighted by atomic mass is 9.84. The number of rotatable bonds is 3. The normalized spacial score (nSPS) is 20.2. The molecule has 2 nitrogen and oxygen atoms in total. The summed E-state index contributed by atoms with van der Waals surface area (Å²) in [6.45, 7) is 0. The van der Waals surface area contributed by atoms with Gasteiger partial charge in [0.05, 0.1) is 11.2 Å². The third kappa shape index (κ3) is 2.71. The first kappa shape index (κ1) is 18.8. The largest absolute Gasteiger partial charge is 0.309 e.